The molecular weight excluding hydrogens is 210 g/mol. The van der Waals surface area contributed by atoms with Crippen molar-refractivity contribution < 1.29 is 19.4 Å². The van der Waals surface area contributed by atoms with Crippen LogP contribution in [0.25, 0.3) is 0 Å². The number of aromatic carboxylic acids is 1. The summed E-state index contributed by atoms with van der Waals surface area (Å²) in [6, 6.07) is 4.36. The lowest BCUT2D eigenvalue weighted by Crippen LogP contribution is -2.45. The van der Waals surface area contributed by atoms with E-state index < -0.39 is 11.6 Å². The van der Waals surface area contributed by atoms with E-state index in [-0.39, 0.29) is 11.5 Å². The Bertz CT molecular complexity index is 479. The van der Waals surface area contributed by atoms with Crippen molar-refractivity contribution in [2.45, 2.75) is 19.4 Å². The van der Waals surface area contributed by atoms with Crippen LogP contribution in [-0.2, 0) is 4.79 Å². The number of rotatable bonds is 1. The van der Waals surface area contributed by atoms with Crippen LogP contribution in [0.4, 0.5) is 5.69 Å². The lowest BCUT2D eigenvalue weighted by molar-refractivity contribution is -0.129. The van der Waals surface area contributed by atoms with Crippen LogP contribution in [0.15, 0.2) is 18.2 Å². The van der Waals surface area contributed by atoms with Crippen molar-refractivity contribution in [2.24, 2.45) is 0 Å². The Morgan fingerprint density at radius 1 is 1.44 bits per heavy atom. The van der Waals surface area contributed by atoms with Gasteiger partial charge in [0.25, 0.3) is 5.91 Å². The Hall–Kier alpha value is -2.04. The second kappa shape index (κ2) is 3.23. The molecule has 0 bridgehead atoms. The molecule has 2 N–H and O–H groups in total. The van der Waals surface area contributed by atoms with Crippen molar-refractivity contribution in [3.63, 3.8) is 0 Å². The number of carboxylic acid groups (broad SMARTS) is 1. The molecule has 2 rings (SSSR count). The van der Waals surface area contributed by atoms with Crippen molar-refractivity contribution in [3.05, 3.63) is 23.8 Å². The third-order valence-corrected chi connectivity index (χ3v) is 2.39. The SMILES string of the molecule is CC1(C)Oc2ccc(C(=O)O)cc2NC1=O. The summed E-state index contributed by atoms with van der Waals surface area (Å²) in [6.45, 7) is 3.30. The standard InChI is InChI=1S/C11H11NO4/c1-11(2)10(15)12-7-5-6(9(13)14)3-4-8(7)16-11/h3-5H,1-2H3,(H,12,15)(H,13,14). The van der Waals surface area contributed by atoms with Gasteiger partial charge in [-0.3, -0.25) is 4.79 Å². The van der Waals surface area contributed by atoms with Crippen molar-refractivity contribution in [1.29, 1.82) is 0 Å². The van der Waals surface area contributed by atoms with Gasteiger partial charge in [-0.05, 0) is 32.0 Å². The van der Waals surface area contributed by atoms with E-state index in [1.54, 1.807) is 19.9 Å². The molecule has 0 aromatic heterocycles. The molecule has 1 aromatic rings. The second-order valence-corrected chi connectivity index (χ2v) is 4.08. The number of carboxylic acids is 1. The third-order valence-electron chi connectivity index (χ3n) is 2.39. The van der Waals surface area contributed by atoms with E-state index in [0.29, 0.717) is 11.4 Å². The van der Waals surface area contributed by atoms with Gasteiger partial charge >= 0.3 is 5.97 Å². The number of hydrogen-bond acceptors (Lipinski definition) is 3. The van der Waals surface area contributed by atoms with E-state index in [1.807, 2.05) is 0 Å². The first-order valence-electron chi connectivity index (χ1n) is 4.78. The molecule has 1 heterocycles. The monoisotopic (exact) mass is 221 g/mol. The number of anilines is 1. The summed E-state index contributed by atoms with van der Waals surface area (Å²) in [6.07, 6.45) is 0. The Labute approximate surface area is 92.0 Å². The predicted molar refractivity (Wildman–Crippen MR) is 56.7 cm³/mol. The number of fused-ring (bicyclic) bond motifs is 1. The fourth-order valence-electron chi connectivity index (χ4n) is 1.44. The summed E-state index contributed by atoms with van der Waals surface area (Å²) in [5, 5.41) is 11.4. The smallest absolute Gasteiger partial charge is 0.335 e. The first kappa shape index (κ1) is 10.5. The van der Waals surface area contributed by atoms with Gasteiger partial charge in [-0.2, -0.15) is 0 Å². The van der Waals surface area contributed by atoms with Gasteiger partial charge in [-0.1, -0.05) is 0 Å². The summed E-state index contributed by atoms with van der Waals surface area (Å²) in [4.78, 5) is 22.3. The fraction of sp³-hybridized carbons (Fsp3) is 0.273. The van der Waals surface area contributed by atoms with Crippen LogP contribution in [0.2, 0.25) is 0 Å². The molecule has 1 amide bonds. The predicted octanol–water partition coefficient (Wildman–Crippen LogP) is 1.49. The Balaban J connectivity index is 2.44. The highest BCUT2D eigenvalue weighted by atomic mass is 16.5. The highest BCUT2D eigenvalue weighted by Gasteiger charge is 2.35. The van der Waals surface area contributed by atoms with E-state index in [9.17, 15) is 9.59 Å². The zero-order valence-corrected chi connectivity index (χ0v) is 8.90. The molecule has 0 unspecified atom stereocenters. The van der Waals surface area contributed by atoms with Crippen molar-refractivity contribution in [1.82, 2.24) is 0 Å². The molecule has 0 atom stereocenters. The van der Waals surface area contributed by atoms with Crippen LogP contribution < -0.4 is 10.1 Å². The van der Waals surface area contributed by atoms with E-state index in [1.165, 1.54) is 12.1 Å². The molecule has 0 saturated heterocycles. The topological polar surface area (TPSA) is 75.6 Å². The zero-order chi connectivity index (χ0) is 11.9. The number of ether oxygens (including phenoxy) is 1. The van der Waals surface area contributed by atoms with Crippen LogP contribution in [0.3, 0.4) is 0 Å². The minimum atomic E-state index is -1.04. The Morgan fingerprint density at radius 3 is 2.75 bits per heavy atom. The second-order valence-electron chi connectivity index (χ2n) is 4.08. The number of carbonyl (C=O) groups is 2. The minimum absolute atomic E-state index is 0.113. The molecule has 0 fully saturated rings. The molecule has 84 valence electrons. The van der Waals surface area contributed by atoms with Crippen molar-refractivity contribution >= 4 is 17.6 Å². The van der Waals surface area contributed by atoms with E-state index in [0.717, 1.165) is 0 Å². The van der Waals surface area contributed by atoms with Crippen LogP contribution in [0.5, 0.6) is 5.75 Å². The van der Waals surface area contributed by atoms with Crippen LogP contribution >= 0.6 is 0 Å². The van der Waals surface area contributed by atoms with Crippen molar-refractivity contribution in [2.75, 3.05) is 5.32 Å². The lowest BCUT2D eigenvalue weighted by Gasteiger charge is -2.31. The minimum Gasteiger partial charge on any atom is -0.478 e. The molecule has 0 saturated carbocycles. The summed E-state index contributed by atoms with van der Waals surface area (Å²) in [5.74, 6) is -0.848. The molecule has 5 nitrogen and oxygen atoms in total. The number of benzene rings is 1. The summed E-state index contributed by atoms with van der Waals surface area (Å²) in [7, 11) is 0. The molecular formula is C11H11NO4. The maximum atomic E-state index is 11.6. The molecule has 1 aliphatic heterocycles. The van der Waals surface area contributed by atoms with Gasteiger partial charge in [-0.25, -0.2) is 4.79 Å². The maximum absolute atomic E-state index is 11.6. The number of carbonyl (C=O) groups excluding carboxylic acids is 1. The van der Waals surface area contributed by atoms with E-state index in [4.69, 9.17) is 9.84 Å². The number of hydrogen-bond donors (Lipinski definition) is 2. The molecule has 16 heavy (non-hydrogen) atoms. The van der Waals surface area contributed by atoms with E-state index in [2.05, 4.69) is 5.32 Å². The zero-order valence-electron chi connectivity index (χ0n) is 8.90. The van der Waals surface area contributed by atoms with Gasteiger partial charge in [0.05, 0.1) is 11.3 Å². The molecule has 0 radical (unpaired) electrons. The number of amides is 1. The average Bonchev–Trinajstić information content (AvgIpc) is 2.18. The molecule has 0 aliphatic carbocycles. The summed E-state index contributed by atoms with van der Waals surface area (Å²) in [5.41, 5.74) is -0.427. The maximum Gasteiger partial charge on any atom is 0.335 e. The highest BCUT2D eigenvalue weighted by Crippen LogP contribution is 2.33. The first-order valence-corrected chi connectivity index (χ1v) is 4.78. The van der Waals surface area contributed by atoms with Gasteiger partial charge in [0.15, 0.2) is 5.60 Å². The van der Waals surface area contributed by atoms with E-state index >= 15 is 0 Å². The third kappa shape index (κ3) is 1.60. The van der Waals surface area contributed by atoms with Crippen LogP contribution in [0, 0.1) is 0 Å². The Morgan fingerprint density at radius 2 is 2.12 bits per heavy atom. The average molecular weight is 221 g/mol. The molecule has 5 heteroatoms. The molecule has 0 spiro atoms. The largest absolute Gasteiger partial charge is 0.478 e. The van der Waals surface area contributed by atoms with Crippen LogP contribution in [-0.4, -0.2) is 22.6 Å². The summed E-state index contributed by atoms with van der Waals surface area (Å²) < 4.78 is 5.46. The fourth-order valence-corrected chi connectivity index (χ4v) is 1.44. The molecule has 1 aromatic carbocycles. The van der Waals surface area contributed by atoms with Gasteiger partial charge in [0, 0.05) is 0 Å². The van der Waals surface area contributed by atoms with Crippen molar-refractivity contribution in [3.8, 4) is 5.75 Å². The number of nitrogens with one attached hydrogen (secondary N) is 1. The lowest BCUT2D eigenvalue weighted by atomic mass is 10.1. The highest BCUT2D eigenvalue weighted by molar-refractivity contribution is 6.01. The molecule has 1 aliphatic rings. The van der Waals surface area contributed by atoms with Gasteiger partial charge in [0.1, 0.15) is 5.75 Å². The Kier molecular flexibility index (Phi) is 2.11. The normalized spacial score (nSPS) is 17.0. The first-order chi connectivity index (χ1) is 7.40. The van der Waals surface area contributed by atoms with Gasteiger partial charge in [-0.15, -0.1) is 0 Å². The van der Waals surface area contributed by atoms with Gasteiger partial charge < -0.3 is 15.2 Å². The quantitative estimate of drug-likeness (QED) is 0.753. The summed E-state index contributed by atoms with van der Waals surface area (Å²) >= 11 is 0. The van der Waals surface area contributed by atoms with Gasteiger partial charge in [0.2, 0.25) is 0 Å². The van der Waals surface area contributed by atoms with Crippen LogP contribution in [0.1, 0.15) is 24.2 Å².